The summed E-state index contributed by atoms with van der Waals surface area (Å²) in [7, 11) is 4.65. The number of halogens is 3. The molecule has 3 heterocycles. The highest BCUT2D eigenvalue weighted by molar-refractivity contribution is 6.06. The number of hydrogen-bond donors (Lipinski definition) is 1. The molecule has 0 unspecified atom stereocenters. The molecule has 1 N–H and O–H groups in total. The molecule has 1 fully saturated rings. The average Bonchev–Trinajstić information content (AvgIpc) is 3.29. The second-order valence-corrected chi connectivity index (χ2v) is 8.50. The summed E-state index contributed by atoms with van der Waals surface area (Å²) in [6.07, 6.45) is -0.193. The quantitative estimate of drug-likeness (QED) is 0.462. The maximum atomic E-state index is 13.3. The lowest BCUT2D eigenvalue weighted by molar-refractivity contribution is -0.138. The predicted molar refractivity (Wildman–Crippen MR) is 126 cm³/mol. The Hall–Kier alpha value is -3.22. The SMILES string of the molecule is COc1cc2nn(C3CCN(CC(OC)OC)CC3)cc2cc1NC(=O)c1ncccc1C(F)(F)F. The molecule has 0 spiro atoms. The number of aromatic nitrogens is 3. The van der Waals surface area contributed by atoms with E-state index < -0.39 is 23.3 Å². The summed E-state index contributed by atoms with van der Waals surface area (Å²) in [6.45, 7) is 2.41. The molecule has 0 bridgehead atoms. The first-order valence-electron chi connectivity index (χ1n) is 11.4. The molecule has 3 aromatic rings. The number of hydrogen-bond acceptors (Lipinski definition) is 7. The van der Waals surface area contributed by atoms with E-state index in [1.165, 1.54) is 7.11 Å². The van der Waals surface area contributed by atoms with E-state index >= 15 is 0 Å². The lowest BCUT2D eigenvalue weighted by Crippen LogP contribution is -2.40. The van der Waals surface area contributed by atoms with E-state index in [4.69, 9.17) is 14.2 Å². The van der Waals surface area contributed by atoms with Gasteiger partial charge in [0.2, 0.25) is 0 Å². The Bertz CT molecular complexity index is 1200. The molecule has 2 aromatic heterocycles. The van der Waals surface area contributed by atoms with Crippen LogP contribution >= 0.6 is 0 Å². The van der Waals surface area contributed by atoms with Gasteiger partial charge in [-0.05, 0) is 31.0 Å². The minimum atomic E-state index is -4.71. The molecule has 4 rings (SSSR count). The lowest BCUT2D eigenvalue weighted by Gasteiger charge is -2.33. The molecular weight excluding hydrogens is 479 g/mol. The number of benzene rings is 1. The number of alkyl halides is 3. The number of amides is 1. The van der Waals surface area contributed by atoms with E-state index in [0.717, 1.165) is 49.6 Å². The molecule has 0 atom stereocenters. The molecule has 0 radical (unpaired) electrons. The number of anilines is 1. The Kier molecular flexibility index (Phi) is 7.76. The maximum Gasteiger partial charge on any atom is 0.418 e. The zero-order chi connectivity index (χ0) is 25.9. The maximum absolute atomic E-state index is 13.3. The van der Waals surface area contributed by atoms with Crippen LogP contribution in [0.3, 0.4) is 0 Å². The van der Waals surface area contributed by atoms with Gasteiger partial charge in [-0.25, -0.2) is 0 Å². The summed E-state index contributed by atoms with van der Waals surface area (Å²) in [5.74, 6) is -0.698. The lowest BCUT2D eigenvalue weighted by atomic mass is 10.1. The second kappa shape index (κ2) is 10.8. The van der Waals surface area contributed by atoms with Crippen molar-refractivity contribution in [2.75, 3.05) is 46.3 Å². The number of ether oxygens (including phenoxy) is 3. The number of piperidine rings is 1. The molecule has 0 saturated carbocycles. The highest BCUT2D eigenvalue weighted by atomic mass is 19.4. The van der Waals surface area contributed by atoms with Crippen molar-refractivity contribution in [3.63, 3.8) is 0 Å². The Morgan fingerprint density at radius 2 is 1.92 bits per heavy atom. The molecule has 12 heteroatoms. The van der Waals surface area contributed by atoms with Gasteiger partial charge in [-0.15, -0.1) is 0 Å². The zero-order valence-corrected chi connectivity index (χ0v) is 20.2. The standard InChI is InChI=1S/C24H28F3N5O4/c1-34-20-12-18-15(11-19(20)29-23(33)22-17(24(25,26)27)5-4-8-28-22)13-32(30-18)16-6-9-31(10-7-16)14-21(35-2)36-3/h4-5,8,11-13,16,21H,6-7,9-10,14H2,1-3H3,(H,29,33). The number of rotatable bonds is 8. The molecule has 0 aliphatic carbocycles. The fourth-order valence-electron chi connectivity index (χ4n) is 4.34. The fourth-order valence-corrected chi connectivity index (χ4v) is 4.34. The van der Waals surface area contributed by atoms with Crippen molar-refractivity contribution >= 4 is 22.5 Å². The molecular formula is C24H28F3N5O4. The summed E-state index contributed by atoms with van der Waals surface area (Å²) < 4.78 is 57.8. The number of carbonyl (C=O) groups is 1. The smallest absolute Gasteiger partial charge is 0.418 e. The summed E-state index contributed by atoms with van der Waals surface area (Å²) in [5, 5.41) is 7.92. The highest BCUT2D eigenvalue weighted by Gasteiger charge is 2.36. The van der Waals surface area contributed by atoms with Gasteiger partial charge >= 0.3 is 6.18 Å². The molecule has 1 aliphatic rings. The number of methoxy groups -OCH3 is 3. The number of nitrogens with one attached hydrogen (secondary N) is 1. The molecule has 36 heavy (non-hydrogen) atoms. The monoisotopic (exact) mass is 507 g/mol. The van der Waals surface area contributed by atoms with Crippen molar-refractivity contribution in [1.82, 2.24) is 19.7 Å². The minimum Gasteiger partial charge on any atom is -0.494 e. The van der Waals surface area contributed by atoms with Gasteiger partial charge in [-0.3, -0.25) is 19.4 Å². The van der Waals surface area contributed by atoms with E-state index in [1.54, 1.807) is 26.4 Å². The highest BCUT2D eigenvalue weighted by Crippen LogP contribution is 2.34. The van der Waals surface area contributed by atoms with Gasteiger partial charge in [-0.1, -0.05) is 0 Å². The topological polar surface area (TPSA) is 90.7 Å². The summed E-state index contributed by atoms with van der Waals surface area (Å²) in [5.41, 5.74) is -0.934. The van der Waals surface area contributed by atoms with Crippen LogP contribution in [0.2, 0.25) is 0 Å². The number of likely N-dealkylation sites (tertiary alicyclic amines) is 1. The Balaban J connectivity index is 1.52. The van der Waals surface area contributed by atoms with Crippen molar-refractivity contribution < 1.29 is 32.2 Å². The third kappa shape index (κ3) is 5.61. The van der Waals surface area contributed by atoms with Gasteiger partial charge in [0.05, 0.1) is 29.9 Å². The summed E-state index contributed by atoms with van der Waals surface area (Å²) in [6, 6.07) is 5.44. The summed E-state index contributed by atoms with van der Waals surface area (Å²) in [4.78, 5) is 18.6. The van der Waals surface area contributed by atoms with Crippen LogP contribution in [0.15, 0.2) is 36.7 Å². The zero-order valence-electron chi connectivity index (χ0n) is 20.2. The van der Waals surface area contributed by atoms with Crippen LogP contribution in [-0.2, 0) is 15.7 Å². The number of carbonyl (C=O) groups excluding carboxylic acids is 1. The van der Waals surface area contributed by atoms with Crippen LogP contribution in [0.1, 0.15) is 34.9 Å². The van der Waals surface area contributed by atoms with Gasteiger partial charge in [-0.2, -0.15) is 18.3 Å². The first-order chi connectivity index (χ1) is 17.2. The first-order valence-corrected chi connectivity index (χ1v) is 11.4. The van der Waals surface area contributed by atoms with Crippen molar-refractivity contribution in [2.45, 2.75) is 31.3 Å². The number of nitrogens with zero attached hydrogens (tertiary/aromatic N) is 4. The molecule has 1 aliphatic heterocycles. The normalized spacial score (nSPS) is 15.5. The van der Waals surface area contributed by atoms with Gasteiger partial charge in [0.15, 0.2) is 6.29 Å². The van der Waals surface area contributed by atoms with Crippen molar-refractivity contribution in [1.29, 1.82) is 0 Å². The van der Waals surface area contributed by atoms with Crippen molar-refractivity contribution in [3.8, 4) is 5.75 Å². The van der Waals surface area contributed by atoms with Crippen LogP contribution in [0.5, 0.6) is 5.75 Å². The van der Waals surface area contributed by atoms with E-state index in [1.807, 2.05) is 10.9 Å². The van der Waals surface area contributed by atoms with Gasteiger partial charge < -0.3 is 19.5 Å². The van der Waals surface area contributed by atoms with Crippen molar-refractivity contribution in [2.24, 2.45) is 0 Å². The first kappa shape index (κ1) is 25.9. The van der Waals surface area contributed by atoms with Crippen LogP contribution in [0.4, 0.5) is 18.9 Å². The molecule has 9 nitrogen and oxygen atoms in total. The van der Waals surface area contributed by atoms with E-state index in [2.05, 4.69) is 20.3 Å². The number of fused-ring (bicyclic) bond motifs is 1. The predicted octanol–water partition coefficient (Wildman–Crippen LogP) is 3.97. The summed E-state index contributed by atoms with van der Waals surface area (Å²) >= 11 is 0. The fraction of sp³-hybridized carbons (Fsp3) is 0.458. The minimum absolute atomic E-state index is 0.184. The third-order valence-corrected chi connectivity index (χ3v) is 6.28. The van der Waals surface area contributed by atoms with Gasteiger partial charge in [0, 0.05) is 57.7 Å². The van der Waals surface area contributed by atoms with Crippen molar-refractivity contribution in [3.05, 3.63) is 47.9 Å². The molecule has 194 valence electrons. The van der Waals surface area contributed by atoms with Gasteiger partial charge in [0.25, 0.3) is 5.91 Å². The third-order valence-electron chi connectivity index (χ3n) is 6.28. The van der Waals surface area contributed by atoms with Gasteiger partial charge in [0.1, 0.15) is 11.4 Å². The van der Waals surface area contributed by atoms with E-state index in [-0.39, 0.29) is 23.8 Å². The van der Waals surface area contributed by atoms with Crippen LogP contribution in [0, 0.1) is 0 Å². The van der Waals surface area contributed by atoms with E-state index in [0.29, 0.717) is 12.1 Å². The Morgan fingerprint density at radius 3 is 2.56 bits per heavy atom. The van der Waals surface area contributed by atoms with Crippen LogP contribution in [0.25, 0.3) is 10.9 Å². The molecule has 1 amide bonds. The second-order valence-electron chi connectivity index (χ2n) is 8.50. The Morgan fingerprint density at radius 1 is 1.19 bits per heavy atom. The average molecular weight is 508 g/mol. The van der Waals surface area contributed by atoms with Crippen LogP contribution in [-0.4, -0.2) is 72.8 Å². The molecule has 1 aromatic carbocycles. The van der Waals surface area contributed by atoms with E-state index in [9.17, 15) is 18.0 Å². The number of pyridine rings is 1. The Labute approximate surface area is 206 Å². The van der Waals surface area contributed by atoms with Crippen LogP contribution < -0.4 is 10.1 Å². The molecule has 1 saturated heterocycles. The largest absolute Gasteiger partial charge is 0.494 e.